The monoisotopic (exact) mass is 604 g/mol. The fraction of sp³-hybridized carbons (Fsp3) is 0.233. The molecular formula is C30H23F7N4O2. The van der Waals surface area contributed by atoms with Crippen LogP contribution in [0.1, 0.15) is 50.9 Å². The molecule has 6 nitrogen and oxygen atoms in total. The highest BCUT2D eigenvalue weighted by molar-refractivity contribution is 5.94. The van der Waals surface area contributed by atoms with Gasteiger partial charge in [-0.25, -0.2) is 30.7 Å². The molecule has 1 aliphatic carbocycles. The van der Waals surface area contributed by atoms with Crippen molar-refractivity contribution in [3.63, 3.8) is 0 Å². The number of carbonyl (C=O) groups excluding carboxylic acids is 2. The molecule has 13 heteroatoms. The minimum absolute atomic E-state index is 0.0805. The molecule has 1 aliphatic rings. The second kappa shape index (κ2) is 11.5. The quantitative estimate of drug-likeness (QED) is 0.236. The summed E-state index contributed by atoms with van der Waals surface area (Å²) in [7, 11) is 0. The number of hydrogen-bond acceptors (Lipinski definition) is 3. The number of hydrogen-bond donors (Lipinski definition) is 2. The van der Waals surface area contributed by atoms with E-state index in [1.807, 2.05) is 0 Å². The number of nitrogens with two attached hydrogens (primary N) is 1. The number of benzene rings is 2. The molecule has 3 N–H and O–H groups in total. The molecule has 0 aliphatic heterocycles. The number of pyridine rings is 1. The first-order valence-electron chi connectivity index (χ1n) is 13.0. The van der Waals surface area contributed by atoms with Crippen molar-refractivity contribution in [2.75, 3.05) is 0 Å². The Hall–Kier alpha value is -4.68. The summed E-state index contributed by atoms with van der Waals surface area (Å²) in [5.74, 6) is -7.68. The number of nitrogens with one attached hydrogen (secondary N) is 1. The van der Waals surface area contributed by atoms with Crippen LogP contribution >= 0.6 is 0 Å². The van der Waals surface area contributed by atoms with E-state index in [2.05, 4.69) is 10.3 Å². The van der Waals surface area contributed by atoms with Crippen molar-refractivity contribution >= 4 is 11.8 Å². The highest BCUT2D eigenvalue weighted by atomic mass is 19.3. The molecule has 0 saturated heterocycles. The maximum absolute atomic E-state index is 14.2. The third kappa shape index (κ3) is 6.40. The smallest absolute Gasteiger partial charge is 0.265 e. The predicted molar refractivity (Wildman–Crippen MR) is 141 cm³/mol. The summed E-state index contributed by atoms with van der Waals surface area (Å²) in [6, 6.07) is 8.29. The highest BCUT2D eigenvalue weighted by Crippen LogP contribution is 2.40. The van der Waals surface area contributed by atoms with Gasteiger partial charge in [0.1, 0.15) is 24.0 Å². The minimum atomic E-state index is -3.24. The van der Waals surface area contributed by atoms with Crippen LogP contribution < -0.4 is 11.1 Å². The summed E-state index contributed by atoms with van der Waals surface area (Å²) < 4.78 is 98.7. The van der Waals surface area contributed by atoms with Gasteiger partial charge in [-0.2, -0.15) is 0 Å². The molecule has 0 bridgehead atoms. The molecule has 0 spiro atoms. The summed E-state index contributed by atoms with van der Waals surface area (Å²) in [5, 5.41) is 2.67. The van der Waals surface area contributed by atoms with E-state index in [1.165, 1.54) is 24.4 Å². The molecule has 1 atom stereocenters. The molecule has 224 valence electrons. The Morgan fingerprint density at radius 2 is 1.74 bits per heavy atom. The predicted octanol–water partition coefficient (Wildman–Crippen LogP) is 5.84. The van der Waals surface area contributed by atoms with Gasteiger partial charge >= 0.3 is 0 Å². The van der Waals surface area contributed by atoms with Crippen molar-refractivity contribution in [3.8, 4) is 11.1 Å². The number of aromatic nitrogens is 2. The molecule has 2 amide bonds. The van der Waals surface area contributed by atoms with Crippen LogP contribution in [0.3, 0.4) is 0 Å². The lowest BCUT2D eigenvalue weighted by Gasteiger charge is -2.22. The number of rotatable bonds is 9. The third-order valence-corrected chi connectivity index (χ3v) is 7.16. The van der Waals surface area contributed by atoms with Gasteiger partial charge in [0.2, 0.25) is 5.91 Å². The van der Waals surface area contributed by atoms with E-state index in [4.69, 9.17) is 5.73 Å². The van der Waals surface area contributed by atoms with E-state index < -0.39 is 78.2 Å². The number of fused-ring (bicyclic) bond motifs is 1. The number of nitrogens with zero attached hydrogens (tertiary/aromatic N) is 2. The SMILES string of the molecule is NC(=O)c1cc(-c2cccnc2[C@H](Cc2cc(F)cc(F)c2)NC(=O)Cn2cc(C(F)F)c3c2CC(F)(F)C3)ccc1F. The minimum Gasteiger partial charge on any atom is -0.366 e. The van der Waals surface area contributed by atoms with Gasteiger partial charge < -0.3 is 15.6 Å². The molecule has 0 saturated carbocycles. The van der Waals surface area contributed by atoms with Crippen LogP contribution in [0.25, 0.3) is 11.1 Å². The Balaban J connectivity index is 1.52. The van der Waals surface area contributed by atoms with E-state index >= 15 is 0 Å². The molecule has 43 heavy (non-hydrogen) atoms. The molecular weight excluding hydrogens is 581 g/mol. The number of amides is 2. The lowest BCUT2D eigenvalue weighted by molar-refractivity contribution is -0.122. The van der Waals surface area contributed by atoms with Crippen molar-refractivity contribution in [2.24, 2.45) is 5.73 Å². The van der Waals surface area contributed by atoms with Gasteiger partial charge in [-0.15, -0.1) is 0 Å². The van der Waals surface area contributed by atoms with E-state index in [0.29, 0.717) is 11.6 Å². The maximum atomic E-state index is 14.2. The number of alkyl halides is 4. The van der Waals surface area contributed by atoms with Crippen LogP contribution in [0.4, 0.5) is 30.7 Å². The topological polar surface area (TPSA) is 90.0 Å². The molecule has 0 unspecified atom stereocenters. The standard InChI is InChI=1S/C30H23F7N4O2/c31-17-6-15(7-18(32)10-17)8-24(27-19(2-1-5-39-27)16-3-4-23(33)20(9-16)29(38)43)40-26(42)14-41-13-22(28(34)35)21-11-30(36,37)12-25(21)41/h1-7,9-10,13,24,28H,8,11-12,14H2,(H2,38,43)(H,40,42)/t24-/m0/s1. The van der Waals surface area contributed by atoms with Gasteiger partial charge in [-0.3, -0.25) is 14.6 Å². The molecule has 2 aromatic heterocycles. The zero-order valence-corrected chi connectivity index (χ0v) is 22.2. The van der Waals surface area contributed by atoms with Crippen molar-refractivity contribution in [2.45, 2.75) is 44.2 Å². The molecule has 0 radical (unpaired) electrons. The fourth-order valence-corrected chi connectivity index (χ4v) is 5.37. The third-order valence-electron chi connectivity index (χ3n) is 7.16. The van der Waals surface area contributed by atoms with E-state index in [9.17, 15) is 40.3 Å². The Morgan fingerprint density at radius 3 is 2.42 bits per heavy atom. The lowest BCUT2D eigenvalue weighted by Crippen LogP contribution is -2.34. The van der Waals surface area contributed by atoms with Crippen LogP contribution in [0, 0.1) is 17.5 Å². The highest BCUT2D eigenvalue weighted by Gasteiger charge is 2.42. The normalized spacial score (nSPS) is 14.5. The summed E-state index contributed by atoms with van der Waals surface area (Å²) >= 11 is 0. The maximum Gasteiger partial charge on any atom is 0.265 e. The van der Waals surface area contributed by atoms with Gasteiger partial charge in [0, 0.05) is 41.7 Å². The van der Waals surface area contributed by atoms with Crippen LogP contribution in [-0.4, -0.2) is 27.3 Å². The summed E-state index contributed by atoms with van der Waals surface area (Å²) in [5.41, 5.74) is 4.89. The van der Waals surface area contributed by atoms with Crippen LogP contribution in [-0.2, 0) is 30.6 Å². The van der Waals surface area contributed by atoms with Gasteiger partial charge in [0.15, 0.2) is 0 Å². The number of halogens is 7. The van der Waals surface area contributed by atoms with Crippen LogP contribution in [0.5, 0.6) is 0 Å². The zero-order valence-electron chi connectivity index (χ0n) is 22.2. The number of carbonyl (C=O) groups is 2. The van der Waals surface area contributed by atoms with Crippen LogP contribution in [0.15, 0.2) is 60.9 Å². The van der Waals surface area contributed by atoms with E-state index in [1.54, 1.807) is 6.07 Å². The first-order chi connectivity index (χ1) is 20.3. The van der Waals surface area contributed by atoms with Crippen LogP contribution in [0.2, 0.25) is 0 Å². The Morgan fingerprint density at radius 1 is 1.02 bits per heavy atom. The first-order valence-corrected chi connectivity index (χ1v) is 13.0. The molecule has 4 aromatic rings. The Kier molecular flexibility index (Phi) is 8.00. The fourth-order valence-electron chi connectivity index (χ4n) is 5.37. The molecule has 2 heterocycles. The summed E-state index contributed by atoms with van der Waals surface area (Å²) in [6.07, 6.45) is -2.58. The largest absolute Gasteiger partial charge is 0.366 e. The van der Waals surface area contributed by atoms with Crippen molar-refractivity contribution in [1.82, 2.24) is 14.9 Å². The van der Waals surface area contributed by atoms with Gasteiger partial charge in [0.05, 0.1) is 23.7 Å². The first kappa shape index (κ1) is 29.8. The van der Waals surface area contributed by atoms with Gasteiger partial charge in [-0.05, 0) is 53.4 Å². The molecule has 5 rings (SSSR count). The Labute approximate surface area is 240 Å². The average molecular weight is 605 g/mol. The summed E-state index contributed by atoms with van der Waals surface area (Å²) in [6.45, 7) is -0.607. The second-order valence-electron chi connectivity index (χ2n) is 10.2. The molecule has 0 fully saturated rings. The Bertz CT molecular complexity index is 1700. The van der Waals surface area contributed by atoms with E-state index in [-0.39, 0.29) is 34.5 Å². The zero-order chi connectivity index (χ0) is 31.1. The van der Waals surface area contributed by atoms with Crippen molar-refractivity contribution < 1.29 is 40.3 Å². The van der Waals surface area contributed by atoms with Crippen molar-refractivity contribution in [3.05, 3.63) is 112 Å². The number of primary amides is 1. The second-order valence-corrected chi connectivity index (χ2v) is 10.2. The van der Waals surface area contributed by atoms with Gasteiger partial charge in [-0.1, -0.05) is 12.1 Å². The lowest BCUT2D eigenvalue weighted by atomic mass is 9.94. The van der Waals surface area contributed by atoms with Gasteiger partial charge in [0.25, 0.3) is 18.3 Å². The van der Waals surface area contributed by atoms with Crippen molar-refractivity contribution in [1.29, 1.82) is 0 Å². The average Bonchev–Trinajstić information content (AvgIpc) is 3.41. The van der Waals surface area contributed by atoms with E-state index in [0.717, 1.165) is 29.0 Å². The molecule has 2 aromatic carbocycles. The summed E-state index contributed by atoms with van der Waals surface area (Å²) in [4.78, 5) is 29.4.